The van der Waals surface area contributed by atoms with E-state index >= 15 is 0 Å². The Hall–Kier alpha value is -2.07. The van der Waals surface area contributed by atoms with Crippen molar-refractivity contribution >= 4 is 5.69 Å². The minimum Gasteiger partial charge on any atom is -0.481 e. The smallest absolute Gasteiger partial charge is 0.217 e. The largest absolute Gasteiger partial charge is 0.481 e. The highest BCUT2D eigenvalue weighted by Crippen LogP contribution is 2.41. The topological polar surface area (TPSA) is 57.4 Å². The molecule has 4 heteroatoms. The molecule has 2 heterocycles. The molecule has 0 radical (unpaired) electrons. The van der Waals surface area contributed by atoms with E-state index in [1.165, 1.54) is 5.56 Å². The van der Waals surface area contributed by atoms with Crippen molar-refractivity contribution in [2.75, 3.05) is 26.1 Å². The fraction of sp³-hybridized carbons (Fsp3) is 0.389. The van der Waals surface area contributed by atoms with Gasteiger partial charge in [0.25, 0.3) is 0 Å². The molecule has 4 nitrogen and oxygen atoms in total. The van der Waals surface area contributed by atoms with Gasteiger partial charge in [-0.2, -0.15) is 0 Å². The predicted molar refractivity (Wildman–Crippen MR) is 88.2 cm³/mol. The summed E-state index contributed by atoms with van der Waals surface area (Å²) in [5.41, 5.74) is 11.2. The lowest BCUT2D eigenvalue weighted by molar-refractivity contribution is -0.0631. The van der Waals surface area contributed by atoms with Crippen LogP contribution < -0.4 is 10.5 Å². The Balaban J connectivity index is 2.13. The highest BCUT2D eigenvalue weighted by atomic mass is 16.5. The van der Waals surface area contributed by atoms with E-state index in [0.29, 0.717) is 5.88 Å². The van der Waals surface area contributed by atoms with E-state index in [9.17, 15) is 0 Å². The second kappa shape index (κ2) is 5.61. The summed E-state index contributed by atoms with van der Waals surface area (Å²) in [6, 6.07) is 8.14. The molecular formula is C18H22N2O2. The van der Waals surface area contributed by atoms with Crippen LogP contribution in [0.3, 0.4) is 0 Å². The van der Waals surface area contributed by atoms with Crippen molar-refractivity contribution in [3.8, 4) is 17.0 Å². The molecule has 0 bridgehead atoms. The molecule has 0 amide bonds. The lowest BCUT2D eigenvalue weighted by Gasteiger charge is -2.41. The molecule has 1 aromatic heterocycles. The number of nitrogens with two attached hydrogens (primary N) is 1. The summed E-state index contributed by atoms with van der Waals surface area (Å²) in [5, 5.41) is 0. The highest BCUT2D eigenvalue weighted by Gasteiger charge is 2.41. The van der Waals surface area contributed by atoms with Crippen molar-refractivity contribution in [3.63, 3.8) is 0 Å². The number of ether oxygens (including phenoxy) is 2. The van der Waals surface area contributed by atoms with E-state index in [0.717, 1.165) is 42.0 Å². The summed E-state index contributed by atoms with van der Waals surface area (Å²) >= 11 is 0. The Bertz CT molecular complexity index is 688. The molecule has 2 aromatic rings. The molecule has 116 valence electrons. The molecule has 22 heavy (non-hydrogen) atoms. The molecule has 0 aliphatic carbocycles. The number of aryl methyl sites for hydroxylation is 1. The summed E-state index contributed by atoms with van der Waals surface area (Å²) in [6.07, 6.45) is 2.86. The SMILES string of the molecule is CCC1(c2cc(-c3cc(N)ccc3C)cnc2OC)COC1. The molecule has 1 aromatic carbocycles. The zero-order valence-corrected chi connectivity index (χ0v) is 13.3. The number of aromatic nitrogens is 1. The maximum Gasteiger partial charge on any atom is 0.217 e. The fourth-order valence-corrected chi connectivity index (χ4v) is 2.99. The van der Waals surface area contributed by atoms with Crippen molar-refractivity contribution in [1.29, 1.82) is 0 Å². The van der Waals surface area contributed by atoms with Gasteiger partial charge in [0.05, 0.1) is 20.3 Å². The van der Waals surface area contributed by atoms with Crippen molar-refractivity contribution < 1.29 is 9.47 Å². The number of methoxy groups -OCH3 is 1. The van der Waals surface area contributed by atoms with E-state index in [1.54, 1.807) is 7.11 Å². The third-order valence-corrected chi connectivity index (χ3v) is 4.62. The van der Waals surface area contributed by atoms with Crippen LogP contribution in [0.25, 0.3) is 11.1 Å². The van der Waals surface area contributed by atoms with Gasteiger partial charge >= 0.3 is 0 Å². The second-order valence-electron chi connectivity index (χ2n) is 5.98. The van der Waals surface area contributed by atoms with Gasteiger partial charge in [-0.3, -0.25) is 0 Å². The molecule has 1 saturated heterocycles. The minimum absolute atomic E-state index is 0.0165. The fourth-order valence-electron chi connectivity index (χ4n) is 2.99. The van der Waals surface area contributed by atoms with Crippen LogP contribution >= 0.6 is 0 Å². The first-order chi connectivity index (χ1) is 10.6. The van der Waals surface area contributed by atoms with Gasteiger partial charge in [-0.25, -0.2) is 4.98 Å². The van der Waals surface area contributed by atoms with Gasteiger partial charge in [-0.1, -0.05) is 13.0 Å². The number of benzene rings is 1. The van der Waals surface area contributed by atoms with Gasteiger partial charge in [0, 0.05) is 28.4 Å². The molecule has 0 atom stereocenters. The standard InChI is InChI=1S/C18H22N2O2/c1-4-18(10-22-11-18)16-7-13(9-20-17(16)21-3)15-8-14(19)6-5-12(15)2/h5-9H,4,10-11,19H2,1-3H3. The van der Waals surface area contributed by atoms with Crippen molar-refractivity contribution in [2.45, 2.75) is 25.7 Å². The first-order valence-electron chi connectivity index (χ1n) is 7.58. The molecule has 0 spiro atoms. The Kier molecular flexibility index (Phi) is 3.79. The monoisotopic (exact) mass is 298 g/mol. The molecule has 3 rings (SSSR count). The van der Waals surface area contributed by atoms with Gasteiger partial charge in [0.2, 0.25) is 5.88 Å². The van der Waals surface area contributed by atoms with Crippen LogP contribution in [0.5, 0.6) is 5.88 Å². The van der Waals surface area contributed by atoms with E-state index in [-0.39, 0.29) is 5.41 Å². The molecule has 1 aliphatic rings. The molecular weight excluding hydrogens is 276 g/mol. The molecule has 0 unspecified atom stereocenters. The summed E-state index contributed by atoms with van der Waals surface area (Å²) in [7, 11) is 1.67. The van der Waals surface area contributed by atoms with Crippen LogP contribution in [0, 0.1) is 6.92 Å². The summed E-state index contributed by atoms with van der Waals surface area (Å²) < 4.78 is 11.0. The normalized spacial score (nSPS) is 16.1. The number of nitrogens with zero attached hydrogens (tertiary/aromatic N) is 1. The van der Waals surface area contributed by atoms with Crippen LogP contribution in [-0.2, 0) is 10.2 Å². The number of hydrogen-bond donors (Lipinski definition) is 1. The van der Waals surface area contributed by atoms with Gasteiger partial charge in [-0.15, -0.1) is 0 Å². The number of nitrogen functional groups attached to an aromatic ring is 1. The zero-order chi connectivity index (χ0) is 15.7. The lowest BCUT2D eigenvalue weighted by Crippen LogP contribution is -2.46. The van der Waals surface area contributed by atoms with Crippen LogP contribution in [0.4, 0.5) is 5.69 Å². The van der Waals surface area contributed by atoms with Crippen LogP contribution in [0.1, 0.15) is 24.5 Å². The number of hydrogen-bond acceptors (Lipinski definition) is 4. The second-order valence-corrected chi connectivity index (χ2v) is 5.98. The Morgan fingerprint density at radius 3 is 2.68 bits per heavy atom. The lowest BCUT2D eigenvalue weighted by atomic mass is 9.76. The molecule has 1 aliphatic heterocycles. The first-order valence-corrected chi connectivity index (χ1v) is 7.58. The van der Waals surface area contributed by atoms with Crippen molar-refractivity contribution in [3.05, 3.63) is 41.6 Å². The van der Waals surface area contributed by atoms with E-state index in [4.69, 9.17) is 15.2 Å². The van der Waals surface area contributed by atoms with Crippen molar-refractivity contribution in [1.82, 2.24) is 4.98 Å². The van der Waals surface area contributed by atoms with Crippen molar-refractivity contribution in [2.24, 2.45) is 0 Å². The predicted octanol–water partition coefficient (Wildman–Crippen LogP) is 3.33. The quantitative estimate of drug-likeness (QED) is 0.880. The zero-order valence-electron chi connectivity index (χ0n) is 13.3. The number of rotatable bonds is 4. The maximum atomic E-state index is 5.94. The third kappa shape index (κ3) is 2.33. The van der Waals surface area contributed by atoms with E-state index in [2.05, 4.69) is 24.9 Å². The van der Waals surface area contributed by atoms with Crippen LogP contribution in [-0.4, -0.2) is 25.3 Å². The summed E-state index contributed by atoms with van der Waals surface area (Å²) in [4.78, 5) is 4.52. The Morgan fingerprint density at radius 2 is 2.09 bits per heavy atom. The summed E-state index contributed by atoms with van der Waals surface area (Å²) in [5.74, 6) is 0.690. The average molecular weight is 298 g/mol. The average Bonchev–Trinajstić information content (AvgIpc) is 2.49. The first kappa shape index (κ1) is 14.9. The Morgan fingerprint density at radius 1 is 1.32 bits per heavy atom. The highest BCUT2D eigenvalue weighted by molar-refractivity contribution is 5.71. The number of pyridine rings is 1. The molecule has 1 fully saturated rings. The van der Waals surface area contributed by atoms with Gasteiger partial charge in [0.1, 0.15) is 0 Å². The minimum atomic E-state index is 0.0165. The summed E-state index contributed by atoms with van der Waals surface area (Å²) in [6.45, 7) is 5.71. The Labute approximate surface area is 131 Å². The van der Waals surface area contributed by atoms with Crippen LogP contribution in [0.15, 0.2) is 30.5 Å². The van der Waals surface area contributed by atoms with Gasteiger partial charge in [0.15, 0.2) is 0 Å². The van der Waals surface area contributed by atoms with Gasteiger partial charge in [-0.05, 0) is 42.7 Å². The maximum absolute atomic E-state index is 5.94. The number of anilines is 1. The van der Waals surface area contributed by atoms with Gasteiger partial charge < -0.3 is 15.2 Å². The molecule has 2 N–H and O–H groups in total. The third-order valence-electron chi connectivity index (χ3n) is 4.62. The van der Waals surface area contributed by atoms with E-state index < -0.39 is 0 Å². The van der Waals surface area contributed by atoms with E-state index in [1.807, 2.05) is 24.4 Å². The molecule has 0 saturated carbocycles. The van der Waals surface area contributed by atoms with Crippen LogP contribution in [0.2, 0.25) is 0 Å².